The zero-order valence-corrected chi connectivity index (χ0v) is 13.6. The predicted octanol–water partition coefficient (Wildman–Crippen LogP) is 2.19. The second kappa shape index (κ2) is 6.34. The fourth-order valence-corrected chi connectivity index (χ4v) is 2.95. The van der Waals surface area contributed by atoms with Gasteiger partial charge in [-0.15, -0.1) is 0 Å². The van der Waals surface area contributed by atoms with Gasteiger partial charge in [0.15, 0.2) is 5.82 Å². The summed E-state index contributed by atoms with van der Waals surface area (Å²) in [5, 5.41) is 19.7. The molecule has 7 heteroatoms. The summed E-state index contributed by atoms with van der Waals surface area (Å²) in [5.74, 6) is 2.37. The first-order valence-electron chi connectivity index (χ1n) is 7.71. The molecule has 0 spiro atoms. The fourth-order valence-electron chi connectivity index (χ4n) is 2.95. The van der Waals surface area contributed by atoms with Crippen molar-refractivity contribution < 1.29 is 4.74 Å². The van der Waals surface area contributed by atoms with Crippen LogP contribution in [0.3, 0.4) is 0 Å². The van der Waals surface area contributed by atoms with Crippen LogP contribution in [0.4, 0.5) is 5.82 Å². The number of nitriles is 1. The van der Waals surface area contributed by atoms with E-state index in [-0.39, 0.29) is 12.0 Å². The van der Waals surface area contributed by atoms with Crippen molar-refractivity contribution in [2.75, 3.05) is 18.5 Å². The quantitative estimate of drug-likeness (QED) is 0.897. The van der Waals surface area contributed by atoms with E-state index in [0.29, 0.717) is 30.4 Å². The standard InChI is InChI=1S/C16H20N6O/c1-9-6-10(2)19-15(13(9)7-17)18-8-12-4-5-23-14(12)16-20-11(3)21-22-16/h6,12,14H,4-5,8H2,1-3H3,(H,18,19)(H,20,21,22)/t12-,14-/m0/s1. The van der Waals surface area contributed by atoms with Gasteiger partial charge in [0.2, 0.25) is 0 Å². The van der Waals surface area contributed by atoms with E-state index in [9.17, 15) is 5.26 Å². The highest BCUT2D eigenvalue weighted by Gasteiger charge is 2.32. The molecule has 0 aromatic carbocycles. The minimum atomic E-state index is -0.121. The van der Waals surface area contributed by atoms with Crippen LogP contribution < -0.4 is 5.32 Å². The van der Waals surface area contributed by atoms with Gasteiger partial charge >= 0.3 is 0 Å². The van der Waals surface area contributed by atoms with Crippen LogP contribution in [0.2, 0.25) is 0 Å². The number of nitrogens with zero attached hydrogens (tertiary/aromatic N) is 4. The van der Waals surface area contributed by atoms with E-state index in [2.05, 4.69) is 31.6 Å². The molecule has 23 heavy (non-hydrogen) atoms. The van der Waals surface area contributed by atoms with Crippen LogP contribution in [0.5, 0.6) is 0 Å². The highest BCUT2D eigenvalue weighted by atomic mass is 16.5. The normalized spacial score (nSPS) is 20.4. The highest BCUT2D eigenvalue weighted by molar-refractivity contribution is 5.56. The van der Waals surface area contributed by atoms with Crippen molar-refractivity contribution in [3.8, 4) is 6.07 Å². The molecule has 3 rings (SSSR count). The molecule has 0 unspecified atom stereocenters. The SMILES string of the molecule is Cc1cc(C)c(C#N)c(NC[C@@H]2CCO[C@@H]2c2n[nH]c(C)n2)n1. The Morgan fingerprint density at radius 2 is 2.22 bits per heavy atom. The molecular weight excluding hydrogens is 292 g/mol. The number of aromatic nitrogens is 4. The molecule has 3 heterocycles. The third kappa shape index (κ3) is 3.17. The third-order valence-electron chi connectivity index (χ3n) is 4.07. The number of aryl methyl sites for hydroxylation is 3. The second-order valence-corrected chi connectivity index (χ2v) is 5.92. The Morgan fingerprint density at radius 1 is 1.39 bits per heavy atom. The van der Waals surface area contributed by atoms with E-state index in [0.717, 1.165) is 23.5 Å². The lowest BCUT2D eigenvalue weighted by Crippen LogP contribution is -2.20. The minimum Gasteiger partial charge on any atom is -0.370 e. The van der Waals surface area contributed by atoms with Gasteiger partial charge in [0.1, 0.15) is 23.8 Å². The summed E-state index contributed by atoms with van der Waals surface area (Å²) < 4.78 is 5.79. The monoisotopic (exact) mass is 312 g/mol. The Hall–Kier alpha value is -2.46. The number of hydrogen-bond acceptors (Lipinski definition) is 6. The molecule has 2 aromatic rings. The molecular formula is C16H20N6O. The van der Waals surface area contributed by atoms with Crippen molar-refractivity contribution in [2.45, 2.75) is 33.3 Å². The zero-order valence-electron chi connectivity index (χ0n) is 13.6. The average Bonchev–Trinajstić information content (AvgIpc) is 3.13. The van der Waals surface area contributed by atoms with Gasteiger partial charge in [0.05, 0.1) is 5.56 Å². The summed E-state index contributed by atoms with van der Waals surface area (Å²) in [6.07, 6.45) is 0.807. The molecule has 0 bridgehead atoms. The summed E-state index contributed by atoms with van der Waals surface area (Å²) in [5.41, 5.74) is 2.43. The maximum atomic E-state index is 9.34. The molecule has 0 amide bonds. The lowest BCUT2D eigenvalue weighted by molar-refractivity contribution is 0.0863. The molecule has 1 fully saturated rings. The minimum absolute atomic E-state index is 0.121. The van der Waals surface area contributed by atoms with Gasteiger partial charge in [0.25, 0.3) is 0 Å². The molecule has 2 aromatic heterocycles. The van der Waals surface area contributed by atoms with Crippen molar-refractivity contribution in [3.63, 3.8) is 0 Å². The first kappa shape index (κ1) is 15.4. The Bertz CT molecular complexity index is 748. The van der Waals surface area contributed by atoms with Gasteiger partial charge in [-0.25, -0.2) is 9.97 Å². The average molecular weight is 312 g/mol. The van der Waals surface area contributed by atoms with Crippen LogP contribution in [-0.2, 0) is 4.74 Å². The largest absolute Gasteiger partial charge is 0.370 e. The summed E-state index contributed by atoms with van der Waals surface area (Å²) >= 11 is 0. The Morgan fingerprint density at radius 3 is 2.91 bits per heavy atom. The smallest absolute Gasteiger partial charge is 0.179 e. The summed E-state index contributed by atoms with van der Waals surface area (Å²) in [6.45, 7) is 7.09. The van der Waals surface area contributed by atoms with Crippen LogP contribution in [0.25, 0.3) is 0 Å². The van der Waals surface area contributed by atoms with Crippen molar-refractivity contribution in [3.05, 3.63) is 34.5 Å². The molecule has 1 aliphatic rings. The first-order valence-corrected chi connectivity index (χ1v) is 7.71. The number of hydrogen-bond donors (Lipinski definition) is 2. The van der Waals surface area contributed by atoms with E-state index in [1.54, 1.807) is 0 Å². The molecule has 2 atom stereocenters. The number of rotatable bonds is 4. The topological polar surface area (TPSA) is 99.5 Å². The van der Waals surface area contributed by atoms with Crippen LogP contribution in [0.1, 0.15) is 41.0 Å². The number of nitrogens with one attached hydrogen (secondary N) is 2. The highest BCUT2D eigenvalue weighted by Crippen LogP contribution is 2.33. The summed E-state index contributed by atoms with van der Waals surface area (Å²) in [6, 6.07) is 4.15. The molecule has 2 N–H and O–H groups in total. The van der Waals surface area contributed by atoms with Crippen LogP contribution >= 0.6 is 0 Å². The number of anilines is 1. The van der Waals surface area contributed by atoms with Gasteiger partial charge in [-0.05, 0) is 38.8 Å². The van der Waals surface area contributed by atoms with Crippen LogP contribution in [-0.4, -0.2) is 33.3 Å². The Balaban J connectivity index is 1.74. The number of ether oxygens (including phenoxy) is 1. The van der Waals surface area contributed by atoms with E-state index in [1.165, 1.54) is 0 Å². The van der Waals surface area contributed by atoms with Gasteiger partial charge in [0, 0.05) is 24.8 Å². The van der Waals surface area contributed by atoms with Gasteiger partial charge in [-0.3, -0.25) is 5.10 Å². The van der Waals surface area contributed by atoms with Gasteiger partial charge < -0.3 is 10.1 Å². The fraction of sp³-hybridized carbons (Fsp3) is 0.500. The van der Waals surface area contributed by atoms with Crippen molar-refractivity contribution in [1.29, 1.82) is 5.26 Å². The van der Waals surface area contributed by atoms with E-state index < -0.39 is 0 Å². The third-order valence-corrected chi connectivity index (χ3v) is 4.07. The number of aromatic amines is 1. The second-order valence-electron chi connectivity index (χ2n) is 5.92. The number of pyridine rings is 1. The van der Waals surface area contributed by atoms with E-state index in [4.69, 9.17) is 4.74 Å². The van der Waals surface area contributed by atoms with Crippen LogP contribution in [0.15, 0.2) is 6.07 Å². The maximum absolute atomic E-state index is 9.34. The molecule has 120 valence electrons. The molecule has 0 saturated carbocycles. The van der Waals surface area contributed by atoms with Gasteiger partial charge in [-0.2, -0.15) is 10.4 Å². The molecule has 1 aliphatic heterocycles. The van der Waals surface area contributed by atoms with Crippen LogP contribution in [0, 0.1) is 38.0 Å². The van der Waals surface area contributed by atoms with E-state index in [1.807, 2.05) is 26.8 Å². The maximum Gasteiger partial charge on any atom is 0.179 e. The Labute approximate surface area is 135 Å². The molecule has 7 nitrogen and oxygen atoms in total. The van der Waals surface area contributed by atoms with Crippen molar-refractivity contribution >= 4 is 5.82 Å². The Kier molecular flexibility index (Phi) is 4.26. The zero-order chi connectivity index (χ0) is 16.4. The van der Waals surface area contributed by atoms with E-state index >= 15 is 0 Å². The number of H-pyrrole nitrogens is 1. The summed E-state index contributed by atoms with van der Waals surface area (Å²) in [7, 11) is 0. The van der Waals surface area contributed by atoms with Crippen molar-refractivity contribution in [2.24, 2.45) is 5.92 Å². The molecule has 0 radical (unpaired) electrons. The summed E-state index contributed by atoms with van der Waals surface area (Å²) in [4.78, 5) is 8.83. The van der Waals surface area contributed by atoms with Crippen molar-refractivity contribution in [1.82, 2.24) is 20.2 Å². The lowest BCUT2D eigenvalue weighted by atomic mass is 10.0. The molecule has 0 aliphatic carbocycles. The lowest BCUT2D eigenvalue weighted by Gasteiger charge is -2.17. The van der Waals surface area contributed by atoms with Gasteiger partial charge in [-0.1, -0.05) is 0 Å². The molecule has 1 saturated heterocycles. The predicted molar refractivity (Wildman–Crippen MR) is 84.8 cm³/mol. The first-order chi connectivity index (χ1) is 11.1.